The average molecular weight is 478 g/mol. The standard InChI is InChI=1S/C25H27N5O5/c1-17-11-27(12-18(2)35-17)21(31)15-30-24(32)22-23(26-16-28(22)14-20-9-6-10-34-20)29(25(30)33)13-19-7-4-3-5-8-19/h3-10,16-18H,11-15H2,1-2H3. The molecule has 4 aromatic rings. The summed E-state index contributed by atoms with van der Waals surface area (Å²) in [5.41, 5.74) is 0.267. The number of rotatable bonds is 6. The van der Waals surface area contributed by atoms with Gasteiger partial charge in [0, 0.05) is 13.1 Å². The van der Waals surface area contributed by atoms with E-state index in [2.05, 4.69) is 4.98 Å². The number of ether oxygens (including phenoxy) is 1. The van der Waals surface area contributed by atoms with Crippen LogP contribution in [-0.4, -0.2) is 54.8 Å². The van der Waals surface area contributed by atoms with Crippen molar-refractivity contribution in [3.63, 3.8) is 0 Å². The number of benzene rings is 1. The van der Waals surface area contributed by atoms with Crippen LogP contribution >= 0.6 is 0 Å². The Morgan fingerprint density at radius 2 is 1.74 bits per heavy atom. The summed E-state index contributed by atoms with van der Waals surface area (Å²) in [5.74, 6) is 0.345. The lowest BCUT2D eigenvalue weighted by Gasteiger charge is -2.35. The maximum Gasteiger partial charge on any atom is 0.333 e. The van der Waals surface area contributed by atoms with Crippen molar-refractivity contribution >= 4 is 17.1 Å². The first-order valence-corrected chi connectivity index (χ1v) is 11.6. The number of imidazole rings is 1. The molecule has 0 N–H and O–H groups in total. The number of aromatic nitrogens is 4. The van der Waals surface area contributed by atoms with E-state index in [-0.39, 0.29) is 48.9 Å². The van der Waals surface area contributed by atoms with Crippen LogP contribution in [0.5, 0.6) is 0 Å². The molecule has 1 saturated heterocycles. The summed E-state index contributed by atoms with van der Waals surface area (Å²) in [4.78, 5) is 46.3. The highest BCUT2D eigenvalue weighted by molar-refractivity contribution is 5.77. The van der Waals surface area contributed by atoms with Crippen LogP contribution in [-0.2, 0) is 29.2 Å². The minimum Gasteiger partial charge on any atom is -0.467 e. The van der Waals surface area contributed by atoms with Gasteiger partial charge in [0.15, 0.2) is 11.2 Å². The second-order valence-electron chi connectivity index (χ2n) is 8.93. The first kappa shape index (κ1) is 22.9. The summed E-state index contributed by atoms with van der Waals surface area (Å²) in [5, 5.41) is 0. The van der Waals surface area contributed by atoms with Gasteiger partial charge in [0.25, 0.3) is 5.56 Å². The van der Waals surface area contributed by atoms with Crippen molar-refractivity contribution < 1.29 is 13.9 Å². The van der Waals surface area contributed by atoms with Crippen molar-refractivity contribution in [2.24, 2.45) is 0 Å². The zero-order valence-corrected chi connectivity index (χ0v) is 19.7. The smallest absolute Gasteiger partial charge is 0.333 e. The van der Waals surface area contributed by atoms with Gasteiger partial charge in [-0.15, -0.1) is 0 Å². The summed E-state index contributed by atoms with van der Waals surface area (Å²) in [6.07, 6.45) is 2.84. The molecule has 182 valence electrons. The molecule has 0 saturated carbocycles. The van der Waals surface area contributed by atoms with Gasteiger partial charge < -0.3 is 18.6 Å². The van der Waals surface area contributed by atoms with Gasteiger partial charge in [0.2, 0.25) is 5.91 Å². The fourth-order valence-corrected chi connectivity index (χ4v) is 4.59. The van der Waals surface area contributed by atoms with E-state index < -0.39 is 11.2 Å². The molecule has 0 aliphatic carbocycles. The van der Waals surface area contributed by atoms with Gasteiger partial charge in [-0.25, -0.2) is 14.3 Å². The molecule has 4 heterocycles. The Labute approximate surface area is 201 Å². The Morgan fingerprint density at radius 3 is 2.43 bits per heavy atom. The van der Waals surface area contributed by atoms with Crippen molar-refractivity contribution in [1.82, 2.24) is 23.6 Å². The lowest BCUT2D eigenvalue weighted by Crippen LogP contribution is -2.51. The molecule has 3 aromatic heterocycles. The van der Waals surface area contributed by atoms with Crippen LogP contribution in [0, 0.1) is 0 Å². The zero-order valence-electron chi connectivity index (χ0n) is 19.7. The largest absolute Gasteiger partial charge is 0.467 e. The molecule has 1 fully saturated rings. The molecule has 2 atom stereocenters. The first-order valence-electron chi connectivity index (χ1n) is 11.6. The predicted molar refractivity (Wildman–Crippen MR) is 128 cm³/mol. The normalized spacial score (nSPS) is 18.3. The second kappa shape index (κ2) is 9.38. The summed E-state index contributed by atoms with van der Waals surface area (Å²) >= 11 is 0. The number of carbonyl (C=O) groups excluding carboxylic acids is 1. The van der Waals surface area contributed by atoms with Crippen LogP contribution in [0.3, 0.4) is 0 Å². The lowest BCUT2D eigenvalue weighted by atomic mass is 10.2. The Bertz CT molecular complexity index is 1440. The highest BCUT2D eigenvalue weighted by Gasteiger charge is 2.28. The maximum atomic E-state index is 13.6. The number of nitrogens with zero attached hydrogens (tertiary/aromatic N) is 5. The molecular weight excluding hydrogens is 450 g/mol. The van der Waals surface area contributed by atoms with Gasteiger partial charge in [-0.3, -0.25) is 14.2 Å². The Balaban J connectivity index is 1.60. The molecule has 0 bridgehead atoms. The zero-order chi connectivity index (χ0) is 24.5. The third kappa shape index (κ3) is 4.57. The minimum absolute atomic E-state index is 0.119. The third-order valence-electron chi connectivity index (χ3n) is 6.14. The number of hydrogen-bond donors (Lipinski definition) is 0. The van der Waals surface area contributed by atoms with E-state index in [1.807, 2.05) is 44.2 Å². The average Bonchev–Trinajstić information content (AvgIpc) is 3.50. The molecule has 1 aliphatic heterocycles. The Morgan fingerprint density at radius 1 is 1.00 bits per heavy atom. The predicted octanol–water partition coefficient (Wildman–Crippen LogP) is 1.69. The minimum atomic E-state index is -0.572. The number of hydrogen-bond acceptors (Lipinski definition) is 6. The quantitative estimate of drug-likeness (QED) is 0.419. The molecular formula is C25H27N5O5. The van der Waals surface area contributed by atoms with Crippen LogP contribution in [0.1, 0.15) is 25.2 Å². The van der Waals surface area contributed by atoms with Gasteiger partial charge in [-0.05, 0) is 31.5 Å². The molecule has 0 radical (unpaired) electrons. The lowest BCUT2D eigenvalue weighted by molar-refractivity contribution is -0.143. The Kier molecular flexibility index (Phi) is 6.12. The van der Waals surface area contributed by atoms with Gasteiger partial charge in [-0.1, -0.05) is 30.3 Å². The van der Waals surface area contributed by atoms with Gasteiger partial charge >= 0.3 is 5.69 Å². The number of furan rings is 1. The van der Waals surface area contributed by atoms with Crippen molar-refractivity contribution in [3.05, 3.63) is 87.2 Å². The van der Waals surface area contributed by atoms with E-state index in [0.29, 0.717) is 18.8 Å². The van der Waals surface area contributed by atoms with Gasteiger partial charge in [0.1, 0.15) is 12.3 Å². The molecule has 0 spiro atoms. The number of fused-ring (bicyclic) bond motifs is 1. The van der Waals surface area contributed by atoms with Gasteiger partial charge in [-0.2, -0.15) is 0 Å². The fraction of sp³-hybridized carbons (Fsp3) is 0.360. The monoisotopic (exact) mass is 477 g/mol. The molecule has 2 unspecified atom stereocenters. The molecule has 1 amide bonds. The summed E-state index contributed by atoms with van der Waals surface area (Å²) < 4.78 is 15.3. The molecule has 10 nitrogen and oxygen atoms in total. The van der Waals surface area contributed by atoms with Crippen molar-refractivity contribution in [2.45, 2.75) is 45.7 Å². The molecule has 10 heteroatoms. The fourth-order valence-electron chi connectivity index (χ4n) is 4.59. The third-order valence-corrected chi connectivity index (χ3v) is 6.14. The van der Waals surface area contributed by atoms with Crippen LogP contribution in [0.25, 0.3) is 11.2 Å². The van der Waals surface area contributed by atoms with E-state index in [9.17, 15) is 14.4 Å². The number of carbonyl (C=O) groups is 1. The van der Waals surface area contributed by atoms with Crippen LogP contribution in [0.15, 0.2) is 69.1 Å². The Hall–Kier alpha value is -3.92. The van der Waals surface area contributed by atoms with Crippen molar-refractivity contribution in [3.8, 4) is 0 Å². The van der Waals surface area contributed by atoms with E-state index in [1.165, 1.54) is 10.9 Å². The van der Waals surface area contributed by atoms with Crippen LogP contribution in [0.2, 0.25) is 0 Å². The van der Waals surface area contributed by atoms with E-state index in [0.717, 1.165) is 10.1 Å². The van der Waals surface area contributed by atoms with E-state index in [1.54, 1.807) is 27.9 Å². The molecule has 5 rings (SSSR count). The highest BCUT2D eigenvalue weighted by atomic mass is 16.5. The summed E-state index contributed by atoms with van der Waals surface area (Å²) in [6.45, 7) is 4.75. The van der Waals surface area contributed by atoms with Crippen LogP contribution in [0.4, 0.5) is 0 Å². The van der Waals surface area contributed by atoms with Gasteiger partial charge in [0.05, 0.1) is 37.9 Å². The van der Waals surface area contributed by atoms with E-state index >= 15 is 0 Å². The SMILES string of the molecule is CC1CN(C(=O)Cn2c(=O)c3c(ncn3Cc3ccco3)n(Cc3ccccc3)c2=O)CC(C)O1. The van der Waals surface area contributed by atoms with Crippen LogP contribution < -0.4 is 11.2 Å². The number of amides is 1. The molecule has 35 heavy (non-hydrogen) atoms. The molecule has 1 aromatic carbocycles. The highest BCUT2D eigenvalue weighted by Crippen LogP contribution is 2.14. The summed E-state index contributed by atoms with van der Waals surface area (Å²) in [7, 11) is 0. The van der Waals surface area contributed by atoms with E-state index in [4.69, 9.17) is 9.15 Å². The second-order valence-corrected chi connectivity index (χ2v) is 8.93. The van der Waals surface area contributed by atoms with Crippen molar-refractivity contribution in [2.75, 3.05) is 13.1 Å². The molecule has 1 aliphatic rings. The topological polar surface area (TPSA) is 105 Å². The first-order chi connectivity index (χ1) is 16.9. The maximum absolute atomic E-state index is 13.6. The van der Waals surface area contributed by atoms with Crippen molar-refractivity contribution in [1.29, 1.82) is 0 Å². The number of morpholine rings is 1. The summed E-state index contributed by atoms with van der Waals surface area (Å²) in [6, 6.07) is 13.0.